The molecule has 0 aromatic heterocycles. The Balaban J connectivity index is 1.53. The summed E-state index contributed by atoms with van der Waals surface area (Å²) in [7, 11) is 0. The molecule has 2 amide bonds. The van der Waals surface area contributed by atoms with E-state index in [9.17, 15) is 14.0 Å². The van der Waals surface area contributed by atoms with Crippen LogP contribution in [0.1, 0.15) is 25.3 Å². The average molecular weight is 370 g/mol. The van der Waals surface area contributed by atoms with Gasteiger partial charge in [0.05, 0.1) is 5.69 Å². The number of ether oxygens (including phenoxy) is 1. The van der Waals surface area contributed by atoms with Gasteiger partial charge in [0.25, 0.3) is 5.91 Å². The third kappa shape index (κ3) is 4.64. The van der Waals surface area contributed by atoms with Gasteiger partial charge in [0.15, 0.2) is 6.10 Å². The van der Waals surface area contributed by atoms with Gasteiger partial charge >= 0.3 is 0 Å². The third-order valence-corrected chi connectivity index (χ3v) is 4.55. The second kappa shape index (κ2) is 8.66. The van der Waals surface area contributed by atoms with E-state index in [-0.39, 0.29) is 24.1 Å². The minimum absolute atomic E-state index is 0.115. The van der Waals surface area contributed by atoms with Crippen LogP contribution in [0, 0.1) is 5.82 Å². The van der Waals surface area contributed by atoms with Crippen LogP contribution in [-0.4, -0.2) is 31.0 Å². The first-order valence-corrected chi connectivity index (χ1v) is 9.16. The van der Waals surface area contributed by atoms with Crippen molar-refractivity contribution in [3.8, 4) is 5.75 Å². The van der Waals surface area contributed by atoms with E-state index in [0.29, 0.717) is 37.4 Å². The second-order valence-corrected chi connectivity index (χ2v) is 6.45. The Kier molecular flexibility index (Phi) is 6.06. The van der Waals surface area contributed by atoms with Crippen molar-refractivity contribution in [1.29, 1.82) is 0 Å². The van der Waals surface area contributed by atoms with Crippen molar-refractivity contribution >= 4 is 17.5 Å². The highest BCUT2D eigenvalue weighted by atomic mass is 19.1. The molecule has 1 N–H and O–H groups in total. The van der Waals surface area contributed by atoms with E-state index in [1.54, 1.807) is 17.0 Å². The molecule has 6 heteroatoms. The highest BCUT2D eigenvalue weighted by Crippen LogP contribution is 2.34. The van der Waals surface area contributed by atoms with Crippen molar-refractivity contribution in [2.24, 2.45) is 0 Å². The second-order valence-electron chi connectivity index (χ2n) is 6.45. The summed E-state index contributed by atoms with van der Waals surface area (Å²) < 4.78 is 18.6. The fraction of sp³-hybridized carbons (Fsp3) is 0.333. The number of carbonyl (C=O) groups excluding carboxylic acids is 2. The van der Waals surface area contributed by atoms with E-state index in [2.05, 4.69) is 5.32 Å². The molecule has 27 heavy (non-hydrogen) atoms. The Morgan fingerprint density at radius 3 is 2.67 bits per heavy atom. The van der Waals surface area contributed by atoms with Crippen LogP contribution in [0.2, 0.25) is 0 Å². The fourth-order valence-corrected chi connectivity index (χ4v) is 3.06. The molecule has 0 spiro atoms. The van der Waals surface area contributed by atoms with Crippen molar-refractivity contribution in [2.45, 2.75) is 32.3 Å². The minimum Gasteiger partial charge on any atom is -0.478 e. The monoisotopic (exact) mass is 370 g/mol. The molecule has 1 atom stereocenters. The average Bonchev–Trinajstić information content (AvgIpc) is 2.68. The number of fused-ring (bicyclic) bond motifs is 1. The minimum atomic E-state index is -0.513. The molecule has 1 aliphatic heterocycles. The van der Waals surface area contributed by atoms with Crippen LogP contribution >= 0.6 is 0 Å². The van der Waals surface area contributed by atoms with Crippen LogP contribution in [0.5, 0.6) is 5.75 Å². The predicted molar refractivity (Wildman–Crippen MR) is 101 cm³/mol. The molecule has 0 radical (unpaired) electrons. The lowest BCUT2D eigenvalue weighted by molar-refractivity contribution is -0.126. The summed E-state index contributed by atoms with van der Waals surface area (Å²) in [6.07, 6.45) is 0.901. The summed E-state index contributed by atoms with van der Waals surface area (Å²) in [5.41, 5.74) is 1.66. The summed E-state index contributed by atoms with van der Waals surface area (Å²) in [5.74, 6) is 0.154. The first kappa shape index (κ1) is 18.9. The van der Waals surface area contributed by atoms with Crippen molar-refractivity contribution in [3.63, 3.8) is 0 Å². The molecule has 2 aromatic carbocycles. The molecule has 1 unspecified atom stereocenters. The van der Waals surface area contributed by atoms with Crippen LogP contribution < -0.4 is 15.0 Å². The van der Waals surface area contributed by atoms with Crippen LogP contribution in [0.4, 0.5) is 10.1 Å². The van der Waals surface area contributed by atoms with E-state index in [1.165, 1.54) is 12.1 Å². The van der Waals surface area contributed by atoms with E-state index in [1.807, 2.05) is 31.2 Å². The highest BCUT2D eigenvalue weighted by Gasteiger charge is 2.32. The zero-order chi connectivity index (χ0) is 19.2. The smallest absolute Gasteiger partial charge is 0.268 e. The Morgan fingerprint density at radius 1 is 1.19 bits per heavy atom. The molecule has 142 valence electrons. The van der Waals surface area contributed by atoms with Gasteiger partial charge in [-0.25, -0.2) is 4.39 Å². The van der Waals surface area contributed by atoms with Gasteiger partial charge in [-0.05, 0) is 42.7 Å². The topological polar surface area (TPSA) is 58.6 Å². The van der Waals surface area contributed by atoms with E-state index < -0.39 is 6.10 Å². The molecular weight excluding hydrogens is 347 g/mol. The molecule has 1 aliphatic rings. The van der Waals surface area contributed by atoms with Gasteiger partial charge in [-0.3, -0.25) is 9.59 Å². The molecule has 0 aliphatic carbocycles. The number of hydrogen-bond acceptors (Lipinski definition) is 3. The van der Waals surface area contributed by atoms with Gasteiger partial charge in [0.2, 0.25) is 5.91 Å². The van der Waals surface area contributed by atoms with Gasteiger partial charge < -0.3 is 15.0 Å². The van der Waals surface area contributed by atoms with E-state index in [0.717, 1.165) is 5.56 Å². The Hall–Kier alpha value is -2.89. The molecule has 5 nitrogen and oxygen atoms in total. The van der Waals surface area contributed by atoms with Crippen molar-refractivity contribution in [1.82, 2.24) is 5.32 Å². The largest absolute Gasteiger partial charge is 0.478 e. The van der Waals surface area contributed by atoms with Gasteiger partial charge in [-0.15, -0.1) is 0 Å². The maximum atomic E-state index is 12.9. The molecule has 0 saturated heterocycles. The summed E-state index contributed by atoms with van der Waals surface area (Å²) in [6.45, 7) is 2.67. The number of halogens is 1. The molecule has 3 rings (SSSR count). The SMILES string of the molecule is CCC1Oc2ccccc2N(CCC(=O)NCCc2ccc(F)cc2)C1=O. The van der Waals surface area contributed by atoms with Gasteiger partial charge in [0.1, 0.15) is 11.6 Å². The maximum absolute atomic E-state index is 12.9. The maximum Gasteiger partial charge on any atom is 0.268 e. The highest BCUT2D eigenvalue weighted by molar-refractivity contribution is 6.00. The van der Waals surface area contributed by atoms with Crippen LogP contribution in [-0.2, 0) is 16.0 Å². The number of anilines is 1. The summed E-state index contributed by atoms with van der Waals surface area (Å²) in [4.78, 5) is 26.4. The molecule has 1 heterocycles. The van der Waals surface area contributed by atoms with Gasteiger partial charge in [-0.2, -0.15) is 0 Å². The van der Waals surface area contributed by atoms with Crippen LogP contribution in [0.25, 0.3) is 0 Å². The van der Waals surface area contributed by atoms with Crippen molar-refractivity contribution in [2.75, 3.05) is 18.0 Å². The first-order chi connectivity index (χ1) is 13.1. The number of hydrogen-bond donors (Lipinski definition) is 1. The lowest BCUT2D eigenvalue weighted by Gasteiger charge is -2.33. The summed E-state index contributed by atoms with van der Waals surface area (Å²) in [5, 5.41) is 2.85. The summed E-state index contributed by atoms with van der Waals surface area (Å²) in [6, 6.07) is 13.6. The number of rotatable bonds is 7. The molecule has 2 aromatic rings. The Bertz CT molecular complexity index is 807. The van der Waals surface area contributed by atoms with Crippen molar-refractivity contribution in [3.05, 3.63) is 59.9 Å². The number of carbonyl (C=O) groups is 2. The van der Waals surface area contributed by atoms with Gasteiger partial charge in [0, 0.05) is 19.5 Å². The standard InChI is InChI=1S/C21H23FN2O3/c1-2-18-21(26)24(17-5-3-4-6-19(17)27-18)14-12-20(25)23-13-11-15-7-9-16(22)10-8-15/h3-10,18H,2,11-14H2,1H3,(H,23,25). The molecule has 0 fully saturated rings. The number of nitrogens with zero attached hydrogens (tertiary/aromatic N) is 1. The third-order valence-electron chi connectivity index (χ3n) is 4.55. The summed E-state index contributed by atoms with van der Waals surface area (Å²) >= 11 is 0. The number of benzene rings is 2. The number of para-hydroxylation sites is 2. The lowest BCUT2D eigenvalue weighted by Crippen LogP contribution is -2.46. The quantitative estimate of drug-likeness (QED) is 0.815. The molecular formula is C21H23FN2O3. The van der Waals surface area contributed by atoms with Crippen LogP contribution in [0.15, 0.2) is 48.5 Å². The van der Waals surface area contributed by atoms with E-state index >= 15 is 0 Å². The molecule has 0 bridgehead atoms. The Labute approximate surface area is 158 Å². The first-order valence-electron chi connectivity index (χ1n) is 9.16. The number of nitrogens with one attached hydrogen (secondary N) is 1. The number of amides is 2. The zero-order valence-corrected chi connectivity index (χ0v) is 15.3. The fourth-order valence-electron chi connectivity index (χ4n) is 3.06. The lowest BCUT2D eigenvalue weighted by atomic mass is 10.1. The molecule has 0 saturated carbocycles. The zero-order valence-electron chi connectivity index (χ0n) is 15.3. The predicted octanol–water partition coefficient (Wildman–Crippen LogP) is 3.08. The van der Waals surface area contributed by atoms with E-state index in [4.69, 9.17) is 4.74 Å². The van der Waals surface area contributed by atoms with Gasteiger partial charge in [-0.1, -0.05) is 31.2 Å². The Morgan fingerprint density at radius 2 is 1.93 bits per heavy atom. The normalized spacial score (nSPS) is 15.9. The van der Waals surface area contributed by atoms with Crippen molar-refractivity contribution < 1.29 is 18.7 Å². The van der Waals surface area contributed by atoms with Crippen LogP contribution in [0.3, 0.4) is 0 Å².